The molecule has 0 rings (SSSR count). The molecule has 0 aliphatic carbocycles. The topological polar surface area (TPSA) is 12.0 Å². The number of rotatable bonds is 5. The lowest BCUT2D eigenvalue weighted by Gasteiger charge is -2.08. The zero-order valence-electron chi connectivity index (χ0n) is 6.35. The smallest absolute Gasteiger partial charge is 0.0250 e. The number of hydrogen-bond donors (Lipinski definition) is 1. The fraction of sp³-hybridized carbons (Fsp3) is 0.750. The molecule has 0 saturated carbocycles. The van der Waals surface area contributed by atoms with Crippen molar-refractivity contribution in [3.05, 3.63) is 12.7 Å². The van der Waals surface area contributed by atoms with Crippen molar-refractivity contribution >= 4 is 0 Å². The van der Waals surface area contributed by atoms with Crippen LogP contribution in [-0.4, -0.2) is 13.1 Å². The van der Waals surface area contributed by atoms with E-state index >= 15 is 0 Å². The van der Waals surface area contributed by atoms with Crippen molar-refractivity contribution in [1.29, 1.82) is 0 Å². The van der Waals surface area contributed by atoms with Crippen LogP contribution in [-0.2, 0) is 0 Å². The molecule has 9 heavy (non-hydrogen) atoms. The van der Waals surface area contributed by atoms with E-state index in [0.29, 0.717) is 6.04 Å². The van der Waals surface area contributed by atoms with Gasteiger partial charge in [-0.05, 0) is 13.5 Å². The molecule has 0 heterocycles. The number of hydrogen-bond acceptors (Lipinski definition) is 1. The molecule has 0 spiro atoms. The van der Waals surface area contributed by atoms with E-state index in [4.69, 9.17) is 6.58 Å². The normalized spacial score (nSPS) is 13.1. The molecule has 1 atom stereocenters. The van der Waals surface area contributed by atoms with E-state index in [1.165, 1.54) is 12.8 Å². The van der Waals surface area contributed by atoms with Gasteiger partial charge in [0.15, 0.2) is 0 Å². The first kappa shape index (κ1) is 8.70. The molecule has 0 fully saturated rings. The van der Waals surface area contributed by atoms with Crippen LogP contribution in [0.1, 0.15) is 26.2 Å². The van der Waals surface area contributed by atoms with Crippen LogP contribution in [0, 0.1) is 6.58 Å². The van der Waals surface area contributed by atoms with Gasteiger partial charge in [-0.1, -0.05) is 32.4 Å². The Morgan fingerprint density at radius 2 is 2.33 bits per heavy atom. The van der Waals surface area contributed by atoms with E-state index < -0.39 is 0 Å². The maximum absolute atomic E-state index is 5.34. The molecule has 0 aromatic rings. The van der Waals surface area contributed by atoms with Crippen LogP contribution in [0.15, 0.2) is 6.08 Å². The summed E-state index contributed by atoms with van der Waals surface area (Å²) in [5.41, 5.74) is 0. The first-order chi connectivity index (χ1) is 4.35. The molecule has 0 bridgehead atoms. The summed E-state index contributed by atoms with van der Waals surface area (Å²) in [5, 5.41) is 3.11. The summed E-state index contributed by atoms with van der Waals surface area (Å²) >= 11 is 0. The minimum absolute atomic E-state index is 0.407. The van der Waals surface area contributed by atoms with Crippen molar-refractivity contribution in [1.82, 2.24) is 5.32 Å². The highest BCUT2D eigenvalue weighted by atomic mass is 14.8. The first-order valence-electron chi connectivity index (χ1n) is 3.57. The Hall–Kier alpha value is -0.300. The second-order valence-corrected chi connectivity index (χ2v) is 2.23. The van der Waals surface area contributed by atoms with Gasteiger partial charge in [0, 0.05) is 6.04 Å². The van der Waals surface area contributed by atoms with E-state index in [1.54, 1.807) is 6.08 Å². The third kappa shape index (κ3) is 4.22. The van der Waals surface area contributed by atoms with Crippen LogP contribution >= 0.6 is 0 Å². The van der Waals surface area contributed by atoms with Gasteiger partial charge in [-0.15, -0.1) is 0 Å². The van der Waals surface area contributed by atoms with Gasteiger partial charge >= 0.3 is 0 Å². The standard InChI is InChI=1S/C8H16N/c1-4-6-7-8(5-2)9-3/h2,5,8-9H,4,6-7H2,1,3H3. The summed E-state index contributed by atoms with van der Waals surface area (Å²) in [5.74, 6) is 0. The minimum Gasteiger partial charge on any atom is -0.314 e. The summed E-state index contributed by atoms with van der Waals surface area (Å²) in [7, 11) is 1.93. The van der Waals surface area contributed by atoms with Crippen LogP contribution in [0.4, 0.5) is 0 Å². The SMILES string of the molecule is [CH]=CC(CCCC)NC. The molecule has 0 aliphatic rings. The van der Waals surface area contributed by atoms with Crippen molar-refractivity contribution < 1.29 is 0 Å². The average molecular weight is 126 g/mol. The highest BCUT2D eigenvalue weighted by Crippen LogP contribution is 1.99. The summed E-state index contributed by atoms with van der Waals surface area (Å²) in [6, 6.07) is 0.407. The van der Waals surface area contributed by atoms with Crippen molar-refractivity contribution in [2.75, 3.05) is 7.05 Å². The van der Waals surface area contributed by atoms with Crippen LogP contribution in [0.5, 0.6) is 0 Å². The highest BCUT2D eigenvalue weighted by Gasteiger charge is 1.96. The van der Waals surface area contributed by atoms with Crippen LogP contribution in [0.3, 0.4) is 0 Å². The molecule has 0 saturated heterocycles. The minimum atomic E-state index is 0.407. The fourth-order valence-corrected chi connectivity index (χ4v) is 0.761. The summed E-state index contributed by atoms with van der Waals surface area (Å²) in [4.78, 5) is 0. The quantitative estimate of drug-likeness (QED) is 0.592. The van der Waals surface area contributed by atoms with Gasteiger partial charge in [0.25, 0.3) is 0 Å². The van der Waals surface area contributed by atoms with Crippen LogP contribution in [0.2, 0.25) is 0 Å². The molecule has 0 amide bonds. The third-order valence-electron chi connectivity index (χ3n) is 1.47. The Morgan fingerprint density at radius 1 is 1.67 bits per heavy atom. The van der Waals surface area contributed by atoms with Gasteiger partial charge < -0.3 is 5.32 Å². The molecular weight excluding hydrogens is 110 g/mol. The molecule has 1 radical (unpaired) electrons. The van der Waals surface area contributed by atoms with Gasteiger partial charge in [-0.2, -0.15) is 0 Å². The van der Waals surface area contributed by atoms with Crippen LogP contribution < -0.4 is 5.32 Å². The van der Waals surface area contributed by atoms with Crippen molar-refractivity contribution in [2.24, 2.45) is 0 Å². The lowest BCUT2D eigenvalue weighted by Crippen LogP contribution is -2.21. The van der Waals surface area contributed by atoms with E-state index in [1.807, 2.05) is 7.05 Å². The summed E-state index contributed by atoms with van der Waals surface area (Å²) in [6.07, 6.45) is 5.37. The maximum Gasteiger partial charge on any atom is 0.0250 e. The second-order valence-electron chi connectivity index (χ2n) is 2.23. The maximum atomic E-state index is 5.34. The molecule has 1 N–H and O–H groups in total. The first-order valence-corrected chi connectivity index (χ1v) is 3.57. The Labute approximate surface area is 58.2 Å². The van der Waals surface area contributed by atoms with E-state index in [2.05, 4.69) is 12.2 Å². The van der Waals surface area contributed by atoms with Gasteiger partial charge in [0.05, 0.1) is 0 Å². The molecule has 1 unspecified atom stereocenters. The molecule has 1 heteroatoms. The lowest BCUT2D eigenvalue weighted by atomic mass is 10.1. The van der Waals surface area contributed by atoms with Gasteiger partial charge in [-0.3, -0.25) is 0 Å². The highest BCUT2D eigenvalue weighted by molar-refractivity contribution is 4.81. The van der Waals surface area contributed by atoms with E-state index in [9.17, 15) is 0 Å². The molecule has 1 nitrogen and oxygen atoms in total. The Kier molecular flexibility index (Phi) is 5.64. The second kappa shape index (κ2) is 5.83. The largest absolute Gasteiger partial charge is 0.314 e. The lowest BCUT2D eigenvalue weighted by molar-refractivity contribution is 0.579. The molecule has 0 aromatic heterocycles. The molecule has 53 valence electrons. The summed E-state index contributed by atoms with van der Waals surface area (Å²) in [6.45, 7) is 7.52. The monoisotopic (exact) mass is 126 g/mol. The zero-order chi connectivity index (χ0) is 7.11. The van der Waals surface area contributed by atoms with Gasteiger partial charge in [-0.25, -0.2) is 0 Å². The van der Waals surface area contributed by atoms with Gasteiger partial charge in [0.2, 0.25) is 0 Å². The van der Waals surface area contributed by atoms with E-state index in [-0.39, 0.29) is 0 Å². The molecule has 0 aliphatic heterocycles. The predicted molar refractivity (Wildman–Crippen MR) is 41.2 cm³/mol. The predicted octanol–water partition coefficient (Wildman–Crippen LogP) is 1.75. The van der Waals surface area contributed by atoms with Crippen molar-refractivity contribution in [3.63, 3.8) is 0 Å². The number of unbranched alkanes of at least 4 members (excludes halogenated alkanes) is 1. The van der Waals surface area contributed by atoms with Gasteiger partial charge in [0.1, 0.15) is 0 Å². The Morgan fingerprint density at radius 3 is 2.67 bits per heavy atom. The van der Waals surface area contributed by atoms with Crippen molar-refractivity contribution in [2.45, 2.75) is 32.2 Å². The number of likely N-dealkylation sites (N-methyl/N-ethyl adjacent to an activating group) is 1. The Bertz CT molecular complexity index is 69.0. The average Bonchev–Trinajstić information content (AvgIpc) is 1.91. The van der Waals surface area contributed by atoms with Crippen LogP contribution in [0.25, 0.3) is 0 Å². The Balaban J connectivity index is 3.20. The third-order valence-corrected chi connectivity index (χ3v) is 1.47. The van der Waals surface area contributed by atoms with Crippen molar-refractivity contribution in [3.8, 4) is 0 Å². The fourth-order valence-electron chi connectivity index (χ4n) is 0.761. The number of nitrogens with one attached hydrogen (secondary N) is 1. The molecular formula is C8H16N. The zero-order valence-corrected chi connectivity index (χ0v) is 6.35. The summed E-state index contributed by atoms with van der Waals surface area (Å²) < 4.78 is 0. The molecule has 0 aromatic carbocycles. The van der Waals surface area contributed by atoms with E-state index in [0.717, 1.165) is 6.42 Å².